The van der Waals surface area contributed by atoms with Gasteiger partial charge in [-0.15, -0.1) is 0 Å². The van der Waals surface area contributed by atoms with E-state index >= 15 is 0 Å². The van der Waals surface area contributed by atoms with E-state index in [0.717, 1.165) is 12.8 Å². The maximum absolute atomic E-state index is 5.70. The van der Waals surface area contributed by atoms with Gasteiger partial charge in [0.05, 0.1) is 12.2 Å². The van der Waals surface area contributed by atoms with Crippen molar-refractivity contribution in [2.24, 2.45) is 11.5 Å². The second-order valence-corrected chi connectivity index (χ2v) is 3.01. The lowest BCUT2D eigenvalue weighted by atomic mass is 9.93. The Morgan fingerprint density at radius 2 is 1.44 bits per heavy atom. The fourth-order valence-corrected chi connectivity index (χ4v) is 1.73. The molecule has 0 aromatic carbocycles. The molecule has 2 aliphatic rings. The van der Waals surface area contributed by atoms with Crippen molar-refractivity contribution in [3.05, 3.63) is 0 Å². The van der Waals surface area contributed by atoms with Crippen molar-refractivity contribution in [2.75, 3.05) is 0 Å². The van der Waals surface area contributed by atoms with Gasteiger partial charge in [0.15, 0.2) is 0 Å². The molecular formula is C6H12N2O. The van der Waals surface area contributed by atoms with Crippen LogP contribution in [0.1, 0.15) is 12.8 Å². The summed E-state index contributed by atoms with van der Waals surface area (Å²) in [5, 5.41) is 0. The molecular weight excluding hydrogens is 116 g/mol. The summed E-state index contributed by atoms with van der Waals surface area (Å²) in [5.41, 5.74) is 11.4. The monoisotopic (exact) mass is 128 g/mol. The Balaban J connectivity index is 2.10. The van der Waals surface area contributed by atoms with Crippen LogP contribution in [0.25, 0.3) is 0 Å². The Kier molecular flexibility index (Phi) is 1.06. The molecule has 2 aliphatic heterocycles. The normalized spacial score (nSPS) is 56.7. The highest BCUT2D eigenvalue weighted by molar-refractivity contribution is 4.99. The molecule has 0 spiro atoms. The van der Waals surface area contributed by atoms with Crippen molar-refractivity contribution in [1.82, 2.24) is 0 Å². The summed E-state index contributed by atoms with van der Waals surface area (Å²) >= 11 is 0. The summed E-state index contributed by atoms with van der Waals surface area (Å²) < 4.78 is 5.45. The molecule has 0 aromatic rings. The van der Waals surface area contributed by atoms with Crippen LogP contribution in [-0.4, -0.2) is 24.3 Å². The highest BCUT2D eigenvalue weighted by atomic mass is 16.5. The summed E-state index contributed by atoms with van der Waals surface area (Å²) in [6.07, 6.45) is 2.47. The predicted octanol–water partition coefficient (Wildman–Crippen LogP) is -0.798. The molecule has 0 aliphatic carbocycles. The molecule has 0 radical (unpaired) electrons. The van der Waals surface area contributed by atoms with Crippen LogP contribution in [0.3, 0.4) is 0 Å². The zero-order chi connectivity index (χ0) is 6.43. The van der Waals surface area contributed by atoms with Crippen LogP contribution in [0.15, 0.2) is 0 Å². The molecule has 2 saturated heterocycles. The van der Waals surface area contributed by atoms with Gasteiger partial charge in [-0.2, -0.15) is 0 Å². The van der Waals surface area contributed by atoms with Gasteiger partial charge < -0.3 is 16.2 Å². The Hall–Kier alpha value is -0.120. The van der Waals surface area contributed by atoms with E-state index in [2.05, 4.69) is 0 Å². The van der Waals surface area contributed by atoms with Gasteiger partial charge in [0.25, 0.3) is 0 Å². The summed E-state index contributed by atoms with van der Waals surface area (Å²) in [6.45, 7) is 0. The smallest absolute Gasteiger partial charge is 0.0747 e. The molecule has 2 heterocycles. The van der Waals surface area contributed by atoms with Crippen LogP contribution in [0, 0.1) is 0 Å². The van der Waals surface area contributed by atoms with Crippen LogP contribution < -0.4 is 11.5 Å². The van der Waals surface area contributed by atoms with Gasteiger partial charge in [-0.3, -0.25) is 0 Å². The second-order valence-electron chi connectivity index (χ2n) is 3.01. The minimum atomic E-state index is 0.259. The maximum atomic E-state index is 5.70. The van der Waals surface area contributed by atoms with Crippen molar-refractivity contribution in [1.29, 1.82) is 0 Å². The summed E-state index contributed by atoms with van der Waals surface area (Å²) in [7, 11) is 0. The first-order valence-corrected chi connectivity index (χ1v) is 3.44. The van der Waals surface area contributed by atoms with Gasteiger partial charge >= 0.3 is 0 Å². The molecule has 2 bridgehead atoms. The molecule has 9 heavy (non-hydrogen) atoms. The molecule has 3 heteroatoms. The number of nitrogens with two attached hydrogens (primary N) is 2. The summed E-state index contributed by atoms with van der Waals surface area (Å²) in [5.74, 6) is 0. The average molecular weight is 128 g/mol. The van der Waals surface area contributed by atoms with Crippen LogP contribution in [0.5, 0.6) is 0 Å². The summed E-state index contributed by atoms with van der Waals surface area (Å²) in [4.78, 5) is 0. The Morgan fingerprint density at radius 3 is 1.67 bits per heavy atom. The number of rotatable bonds is 0. The number of fused-ring (bicyclic) bond motifs is 2. The highest BCUT2D eigenvalue weighted by Gasteiger charge is 2.43. The average Bonchev–Trinajstić information content (AvgIpc) is 2.24. The number of hydrogen-bond acceptors (Lipinski definition) is 3. The van der Waals surface area contributed by atoms with Crippen molar-refractivity contribution in [2.45, 2.75) is 37.1 Å². The second kappa shape index (κ2) is 1.68. The number of ether oxygens (including phenoxy) is 1. The van der Waals surface area contributed by atoms with Crippen LogP contribution in [-0.2, 0) is 4.74 Å². The fourth-order valence-electron chi connectivity index (χ4n) is 1.73. The zero-order valence-electron chi connectivity index (χ0n) is 5.29. The lowest BCUT2D eigenvalue weighted by Gasteiger charge is -2.17. The first-order chi connectivity index (χ1) is 4.27. The van der Waals surface area contributed by atoms with Crippen molar-refractivity contribution in [3.8, 4) is 0 Å². The topological polar surface area (TPSA) is 61.3 Å². The van der Waals surface area contributed by atoms with Gasteiger partial charge in [-0.25, -0.2) is 0 Å². The lowest BCUT2D eigenvalue weighted by molar-refractivity contribution is 0.0976. The molecule has 2 fully saturated rings. The van der Waals surface area contributed by atoms with E-state index in [0.29, 0.717) is 0 Å². The van der Waals surface area contributed by atoms with Gasteiger partial charge in [-0.1, -0.05) is 0 Å². The molecule has 0 amide bonds. The zero-order valence-corrected chi connectivity index (χ0v) is 5.29. The SMILES string of the molecule is NC1CC2OC1CC2N. The van der Waals surface area contributed by atoms with Gasteiger partial charge in [0.1, 0.15) is 0 Å². The molecule has 3 nitrogen and oxygen atoms in total. The highest BCUT2D eigenvalue weighted by Crippen LogP contribution is 2.32. The van der Waals surface area contributed by atoms with Crippen LogP contribution in [0.2, 0.25) is 0 Å². The van der Waals surface area contributed by atoms with Crippen molar-refractivity contribution in [3.63, 3.8) is 0 Å². The van der Waals surface area contributed by atoms with E-state index in [-0.39, 0.29) is 24.3 Å². The minimum Gasteiger partial charge on any atom is -0.372 e. The summed E-state index contributed by atoms with van der Waals surface area (Å²) in [6, 6.07) is 0.518. The van der Waals surface area contributed by atoms with E-state index in [4.69, 9.17) is 16.2 Å². The van der Waals surface area contributed by atoms with Gasteiger partial charge in [-0.05, 0) is 12.8 Å². The van der Waals surface area contributed by atoms with Crippen LogP contribution in [0.4, 0.5) is 0 Å². The molecule has 4 N–H and O–H groups in total. The van der Waals surface area contributed by atoms with Gasteiger partial charge in [0.2, 0.25) is 0 Å². The fraction of sp³-hybridized carbons (Fsp3) is 1.00. The van der Waals surface area contributed by atoms with E-state index in [1.54, 1.807) is 0 Å². The molecule has 0 saturated carbocycles. The van der Waals surface area contributed by atoms with Gasteiger partial charge in [0, 0.05) is 12.1 Å². The first-order valence-electron chi connectivity index (χ1n) is 3.44. The number of hydrogen-bond donors (Lipinski definition) is 2. The van der Waals surface area contributed by atoms with E-state index in [1.807, 2.05) is 0 Å². The lowest BCUT2D eigenvalue weighted by Crippen LogP contribution is -2.40. The molecule has 2 rings (SSSR count). The third-order valence-corrected chi connectivity index (χ3v) is 2.31. The van der Waals surface area contributed by atoms with E-state index < -0.39 is 0 Å². The first kappa shape index (κ1) is 5.65. The molecule has 4 atom stereocenters. The van der Waals surface area contributed by atoms with Crippen LogP contribution >= 0.6 is 0 Å². The van der Waals surface area contributed by atoms with Crippen molar-refractivity contribution < 1.29 is 4.74 Å². The Labute approximate surface area is 54.3 Å². The van der Waals surface area contributed by atoms with Crippen molar-refractivity contribution >= 4 is 0 Å². The minimum absolute atomic E-state index is 0.259. The Bertz CT molecular complexity index is 110. The standard InChI is InChI=1S/C6H12N2O/c7-3-1-5-4(8)2-6(3)9-5/h3-6H,1-2,7-8H2. The quantitative estimate of drug-likeness (QED) is 0.449. The predicted molar refractivity (Wildman–Crippen MR) is 33.8 cm³/mol. The van der Waals surface area contributed by atoms with E-state index in [1.165, 1.54) is 0 Å². The third kappa shape index (κ3) is 0.689. The molecule has 4 unspecified atom stereocenters. The van der Waals surface area contributed by atoms with E-state index in [9.17, 15) is 0 Å². The molecule has 52 valence electrons. The maximum Gasteiger partial charge on any atom is 0.0747 e. The Morgan fingerprint density at radius 1 is 1.00 bits per heavy atom. The molecule has 0 aromatic heterocycles. The third-order valence-electron chi connectivity index (χ3n) is 2.31. The largest absolute Gasteiger partial charge is 0.372 e.